The molecule has 0 aliphatic rings. The molecule has 0 saturated heterocycles. The fraction of sp³-hybridized carbons (Fsp3) is 0.333. The van der Waals surface area contributed by atoms with Gasteiger partial charge in [0.05, 0.1) is 4.90 Å². The van der Waals surface area contributed by atoms with Crippen molar-refractivity contribution in [1.82, 2.24) is 8.87 Å². The summed E-state index contributed by atoms with van der Waals surface area (Å²) in [5.41, 5.74) is 6.50. The van der Waals surface area contributed by atoms with Crippen molar-refractivity contribution in [3.63, 3.8) is 0 Å². The molecule has 0 aliphatic heterocycles. The minimum absolute atomic E-state index is 0.318. The van der Waals surface area contributed by atoms with Crippen LogP contribution in [0.15, 0.2) is 53.7 Å². The average molecular weight is 307 g/mol. The highest BCUT2D eigenvalue weighted by Crippen LogP contribution is 2.18. The molecule has 0 atom stereocenters. The van der Waals surface area contributed by atoms with Gasteiger partial charge in [-0.2, -0.15) is 4.31 Å². The Morgan fingerprint density at radius 1 is 1.19 bits per heavy atom. The van der Waals surface area contributed by atoms with Gasteiger partial charge in [0.15, 0.2) is 0 Å². The summed E-state index contributed by atoms with van der Waals surface area (Å²) in [4.78, 5) is 0.318. The minimum atomic E-state index is -3.49. The molecule has 21 heavy (non-hydrogen) atoms. The first-order valence-corrected chi connectivity index (χ1v) is 8.34. The van der Waals surface area contributed by atoms with Crippen molar-refractivity contribution >= 4 is 10.0 Å². The largest absolute Gasteiger partial charge is 0.356 e. The molecule has 0 aliphatic carbocycles. The van der Waals surface area contributed by atoms with Gasteiger partial charge >= 0.3 is 0 Å². The van der Waals surface area contributed by atoms with E-state index in [1.54, 1.807) is 30.1 Å². The van der Waals surface area contributed by atoms with Crippen molar-refractivity contribution in [1.29, 1.82) is 0 Å². The van der Waals surface area contributed by atoms with Gasteiger partial charge in [0, 0.05) is 32.5 Å². The summed E-state index contributed by atoms with van der Waals surface area (Å²) in [6.45, 7) is 1.25. The number of hydrogen-bond acceptors (Lipinski definition) is 3. The van der Waals surface area contributed by atoms with E-state index in [1.165, 1.54) is 4.31 Å². The van der Waals surface area contributed by atoms with E-state index in [-0.39, 0.29) is 0 Å². The molecule has 0 saturated carbocycles. The van der Waals surface area contributed by atoms with Crippen LogP contribution in [0.2, 0.25) is 0 Å². The molecule has 2 N–H and O–H groups in total. The standard InChI is InChI=1S/C15H21N3O2S/c1-17-11-8-15(13-17)21(19,20)18(10-5-9-16)12-14-6-3-2-4-7-14/h2-4,6-8,11,13H,5,9-10,12,16H2,1H3. The molecule has 0 spiro atoms. The third-order valence-corrected chi connectivity index (χ3v) is 5.08. The Kier molecular flexibility index (Phi) is 5.17. The Balaban J connectivity index is 2.26. The van der Waals surface area contributed by atoms with E-state index in [0.29, 0.717) is 31.0 Å². The molecule has 1 heterocycles. The molecular formula is C15H21N3O2S. The summed E-state index contributed by atoms with van der Waals surface area (Å²) in [7, 11) is -1.69. The number of benzene rings is 1. The zero-order valence-electron chi connectivity index (χ0n) is 12.1. The van der Waals surface area contributed by atoms with Crippen LogP contribution in [0.4, 0.5) is 0 Å². The Labute approximate surface area is 126 Å². The number of rotatable bonds is 7. The summed E-state index contributed by atoms with van der Waals surface area (Å²) in [6, 6.07) is 11.2. The summed E-state index contributed by atoms with van der Waals surface area (Å²) in [6.07, 6.45) is 3.99. The second kappa shape index (κ2) is 6.89. The lowest BCUT2D eigenvalue weighted by atomic mass is 10.2. The van der Waals surface area contributed by atoms with Gasteiger partial charge in [-0.1, -0.05) is 30.3 Å². The molecule has 0 unspecified atom stereocenters. The Hall–Kier alpha value is -1.63. The molecular weight excluding hydrogens is 286 g/mol. The van der Waals surface area contributed by atoms with Crippen LogP contribution < -0.4 is 5.73 Å². The Morgan fingerprint density at radius 2 is 1.90 bits per heavy atom. The van der Waals surface area contributed by atoms with Crippen molar-refractivity contribution in [2.45, 2.75) is 17.9 Å². The number of hydrogen-bond donors (Lipinski definition) is 1. The quantitative estimate of drug-likeness (QED) is 0.844. The summed E-state index contributed by atoms with van der Waals surface area (Å²) in [5, 5.41) is 0. The van der Waals surface area contributed by atoms with Crippen molar-refractivity contribution in [3.8, 4) is 0 Å². The molecule has 2 rings (SSSR count). The number of nitrogens with zero attached hydrogens (tertiary/aromatic N) is 2. The second-order valence-corrected chi connectivity index (χ2v) is 6.92. The van der Waals surface area contributed by atoms with Crippen LogP contribution in [0.5, 0.6) is 0 Å². The molecule has 5 nitrogen and oxygen atoms in total. The maximum atomic E-state index is 12.7. The maximum absolute atomic E-state index is 12.7. The summed E-state index contributed by atoms with van der Waals surface area (Å²) < 4.78 is 28.7. The van der Waals surface area contributed by atoms with E-state index in [0.717, 1.165) is 5.56 Å². The number of aromatic nitrogens is 1. The van der Waals surface area contributed by atoms with Crippen LogP contribution in [0.25, 0.3) is 0 Å². The monoisotopic (exact) mass is 307 g/mol. The van der Waals surface area contributed by atoms with Gasteiger partial charge in [0.2, 0.25) is 10.0 Å². The van der Waals surface area contributed by atoms with Crippen LogP contribution in [0.1, 0.15) is 12.0 Å². The topological polar surface area (TPSA) is 68.3 Å². The first kappa shape index (κ1) is 15.8. The maximum Gasteiger partial charge on any atom is 0.244 e. The lowest BCUT2D eigenvalue weighted by Gasteiger charge is -2.21. The summed E-state index contributed by atoms with van der Waals surface area (Å²) in [5.74, 6) is 0. The second-order valence-electron chi connectivity index (χ2n) is 4.98. The molecule has 0 fully saturated rings. The van der Waals surface area contributed by atoms with E-state index >= 15 is 0 Å². The van der Waals surface area contributed by atoms with Crippen LogP contribution in [-0.4, -0.2) is 30.4 Å². The smallest absolute Gasteiger partial charge is 0.244 e. The highest BCUT2D eigenvalue weighted by atomic mass is 32.2. The first-order chi connectivity index (χ1) is 10.0. The molecule has 114 valence electrons. The van der Waals surface area contributed by atoms with Crippen molar-refractivity contribution in [2.24, 2.45) is 12.8 Å². The van der Waals surface area contributed by atoms with E-state index in [2.05, 4.69) is 0 Å². The zero-order chi connectivity index (χ0) is 15.3. The predicted octanol–water partition coefficient (Wildman–Crippen LogP) is 1.56. The van der Waals surface area contributed by atoms with Crippen molar-refractivity contribution in [2.75, 3.05) is 13.1 Å². The lowest BCUT2D eigenvalue weighted by Crippen LogP contribution is -2.32. The average Bonchev–Trinajstić information content (AvgIpc) is 2.92. The van der Waals surface area contributed by atoms with Crippen LogP contribution in [-0.2, 0) is 23.6 Å². The number of aryl methyl sites for hydroxylation is 1. The van der Waals surface area contributed by atoms with Crippen LogP contribution >= 0.6 is 0 Å². The normalized spacial score (nSPS) is 12.0. The van der Waals surface area contributed by atoms with Gasteiger partial charge in [0.25, 0.3) is 0 Å². The van der Waals surface area contributed by atoms with Gasteiger partial charge in [-0.15, -0.1) is 0 Å². The summed E-state index contributed by atoms with van der Waals surface area (Å²) >= 11 is 0. The third-order valence-electron chi connectivity index (χ3n) is 3.26. The third kappa shape index (κ3) is 3.93. The van der Waals surface area contributed by atoms with Crippen molar-refractivity contribution < 1.29 is 8.42 Å². The van der Waals surface area contributed by atoms with Gasteiger partial charge in [-0.3, -0.25) is 0 Å². The Bertz CT molecular complexity index is 665. The molecule has 0 bridgehead atoms. The molecule has 1 aromatic heterocycles. The fourth-order valence-corrected chi connectivity index (χ4v) is 3.64. The van der Waals surface area contributed by atoms with E-state index in [4.69, 9.17) is 5.73 Å². The molecule has 0 radical (unpaired) electrons. The number of sulfonamides is 1. The van der Waals surface area contributed by atoms with E-state index in [1.807, 2.05) is 30.3 Å². The highest BCUT2D eigenvalue weighted by molar-refractivity contribution is 7.89. The Morgan fingerprint density at radius 3 is 2.48 bits per heavy atom. The van der Waals surface area contributed by atoms with Crippen molar-refractivity contribution in [3.05, 3.63) is 54.4 Å². The SMILES string of the molecule is Cn1ccc(S(=O)(=O)N(CCCN)Cc2ccccc2)c1. The predicted molar refractivity (Wildman–Crippen MR) is 83.1 cm³/mol. The van der Waals surface area contributed by atoms with Gasteiger partial charge in [-0.05, 0) is 24.6 Å². The van der Waals surface area contributed by atoms with Gasteiger partial charge in [0.1, 0.15) is 0 Å². The van der Waals surface area contributed by atoms with E-state index in [9.17, 15) is 8.42 Å². The number of nitrogens with two attached hydrogens (primary N) is 1. The molecule has 0 amide bonds. The highest BCUT2D eigenvalue weighted by Gasteiger charge is 2.24. The molecule has 2 aromatic rings. The van der Waals surface area contributed by atoms with E-state index < -0.39 is 10.0 Å². The van der Waals surface area contributed by atoms with Gasteiger partial charge < -0.3 is 10.3 Å². The zero-order valence-corrected chi connectivity index (χ0v) is 13.0. The molecule has 6 heteroatoms. The fourth-order valence-electron chi connectivity index (χ4n) is 2.12. The van der Waals surface area contributed by atoms with Crippen LogP contribution in [0.3, 0.4) is 0 Å². The van der Waals surface area contributed by atoms with Gasteiger partial charge in [-0.25, -0.2) is 8.42 Å². The lowest BCUT2D eigenvalue weighted by molar-refractivity contribution is 0.401. The molecule has 1 aromatic carbocycles. The van der Waals surface area contributed by atoms with Crippen LogP contribution in [0, 0.1) is 0 Å². The first-order valence-electron chi connectivity index (χ1n) is 6.90. The minimum Gasteiger partial charge on any atom is -0.356 e.